The third-order valence-electron chi connectivity index (χ3n) is 4.03. The molecule has 1 unspecified atom stereocenters. The molecule has 1 aromatic rings. The summed E-state index contributed by atoms with van der Waals surface area (Å²) in [5, 5.41) is 0. The van der Waals surface area contributed by atoms with Crippen molar-refractivity contribution in [2.24, 2.45) is 0 Å². The summed E-state index contributed by atoms with van der Waals surface area (Å²) in [4.78, 5) is 29.8. The van der Waals surface area contributed by atoms with Crippen LogP contribution in [0.15, 0.2) is 6.07 Å². The van der Waals surface area contributed by atoms with Crippen LogP contribution in [0.25, 0.3) is 0 Å². The highest BCUT2D eigenvalue weighted by atomic mass is 19.1. The molecule has 0 bridgehead atoms. The molecule has 26 heavy (non-hydrogen) atoms. The number of amides is 1. The van der Waals surface area contributed by atoms with E-state index in [1.165, 1.54) is 19.1 Å². The van der Waals surface area contributed by atoms with Crippen molar-refractivity contribution in [2.45, 2.75) is 51.5 Å². The molecule has 0 N–H and O–H groups in total. The van der Waals surface area contributed by atoms with Crippen molar-refractivity contribution >= 4 is 18.2 Å². The van der Waals surface area contributed by atoms with Gasteiger partial charge in [-0.3, -0.25) is 9.69 Å². The van der Waals surface area contributed by atoms with Crippen LogP contribution in [0.3, 0.4) is 0 Å². The quantitative estimate of drug-likeness (QED) is 0.587. The Bertz CT molecular complexity index is 670. The minimum absolute atomic E-state index is 0.233. The minimum atomic E-state index is -0.883. The highest BCUT2D eigenvalue weighted by Gasteiger charge is 2.36. The van der Waals surface area contributed by atoms with Crippen LogP contribution in [0.2, 0.25) is 0 Å². The van der Waals surface area contributed by atoms with Crippen LogP contribution in [0, 0.1) is 0 Å². The Morgan fingerprint density at radius 3 is 2.58 bits per heavy atom. The van der Waals surface area contributed by atoms with Crippen LogP contribution < -0.4 is 4.90 Å². The van der Waals surface area contributed by atoms with Crippen LogP contribution in [0.4, 0.5) is 15.0 Å². The van der Waals surface area contributed by atoms with Crippen molar-refractivity contribution < 1.29 is 28.2 Å². The number of pyridine rings is 1. The molecular weight excluding hydrogens is 343 g/mol. The number of halogens is 1. The highest BCUT2D eigenvalue weighted by Crippen LogP contribution is 2.34. The SMILES string of the molecule is COC(OC)c1nc2c(cc1C=O)CCC(CF)N2C(=O)OC(C)(C)C. The molecule has 1 amide bonds. The average Bonchev–Trinajstić information content (AvgIpc) is 2.59. The zero-order valence-electron chi connectivity index (χ0n) is 15.7. The number of aldehydes is 1. The monoisotopic (exact) mass is 368 g/mol. The fraction of sp³-hybridized carbons (Fsp3) is 0.611. The summed E-state index contributed by atoms with van der Waals surface area (Å²) in [5.41, 5.74) is 0.484. The van der Waals surface area contributed by atoms with Crippen molar-refractivity contribution in [3.8, 4) is 0 Å². The van der Waals surface area contributed by atoms with E-state index in [2.05, 4.69) is 4.98 Å². The molecule has 0 aliphatic carbocycles. The molecule has 0 fully saturated rings. The molecule has 144 valence electrons. The Balaban J connectivity index is 2.56. The lowest BCUT2D eigenvalue weighted by molar-refractivity contribution is -0.108. The predicted molar refractivity (Wildman–Crippen MR) is 93.2 cm³/mol. The fourth-order valence-corrected chi connectivity index (χ4v) is 2.89. The Morgan fingerprint density at radius 2 is 2.08 bits per heavy atom. The normalized spacial score (nSPS) is 17.2. The molecule has 1 aliphatic rings. The second kappa shape index (κ2) is 8.09. The number of methoxy groups -OCH3 is 2. The van der Waals surface area contributed by atoms with Crippen LogP contribution in [-0.4, -0.2) is 49.9 Å². The summed E-state index contributed by atoms with van der Waals surface area (Å²) in [6.07, 6.45) is 0.0193. The van der Waals surface area contributed by atoms with E-state index in [0.29, 0.717) is 30.3 Å². The number of carbonyl (C=O) groups excluding carboxylic acids is 2. The van der Waals surface area contributed by atoms with Crippen LogP contribution >= 0.6 is 0 Å². The van der Waals surface area contributed by atoms with Gasteiger partial charge in [0.1, 0.15) is 23.8 Å². The Morgan fingerprint density at radius 1 is 1.42 bits per heavy atom. The van der Waals surface area contributed by atoms with E-state index in [4.69, 9.17) is 14.2 Å². The molecule has 8 heteroatoms. The molecular formula is C18H25FN2O5. The van der Waals surface area contributed by atoms with E-state index in [-0.39, 0.29) is 11.5 Å². The summed E-state index contributed by atoms with van der Waals surface area (Å²) in [5.74, 6) is 0.271. The van der Waals surface area contributed by atoms with Crippen molar-refractivity contribution in [3.63, 3.8) is 0 Å². The molecule has 2 heterocycles. The maximum absolute atomic E-state index is 13.6. The van der Waals surface area contributed by atoms with Gasteiger partial charge in [0.15, 0.2) is 6.29 Å². The van der Waals surface area contributed by atoms with Gasteiger partial charge in [-0.05, 0) is 45.2 Å². The van der Waals surface area contributed by atoms with Crippen molar-refractivity contribution in [1.29, 1.82) is 0 Å². The molecule has 1 atom stereocenters. The van der Waals surface area contributed by atoms with E-state index in [1.807, 2.05) is 0 Å². The Labute approximate surface area is 152 Å². The smallest absolute Gasteiger partial charge is 0.416 e. The largest absolute Gasteiger partial charge is 0.443 e. The minimum Gasteiger partial charge on any atom is -0.443 e. The van der Waals surface area contributed by atoms with Gasteiger partial charge in [-0.25, -0.2) is 14.2 Å². The van der Waals surface area contributed by atoms with E-state index < -0.39 is 30.7 Å². The van der Waals surface area contributed by atoms with E-state index in [9.17, 15) is 14.0 Å². The number of rotatable bonds is 5. The molecule has 1 aliphatic heterocycles. The first-order valence-corrected chi connectivity index (χ1v) is 8.38. The molecule has 2 rings (SSSR count). The summed E-state index contributed by atoms with van der Waals surface area (Å²) < 4.78 is 29.4. The number of alkyl halides is 1. The maximum Gasteiger partial charge on any atom is 0.416 e. The fourth-order valence-electron chi connectivity index (χ4n) is 2.89. The number of anilines is 1. The van der Waals surface area contributed by atoms with Gasteiger partial charge in [-0.2, -0.15) is 0 Å². The molecule has 0 spiro atoms. The van der Waals surface area contributed by atoms with Gasteiger partial charge in [0.2, 0.25) is 6.29 Å². The third-order valence-corrected chi connectivity index (χ3v) is 4.03. The summed E-state index contributed by atoms with van der Waals surface area (Å²) in [6.45, 7) is 4.49. The topological polar surface area (TPSA) is 78.0 Å². The van der Waals surface area contributed by atoms with E-state index >= 15 is 0 Å². The molecule has 0 aromatic carbocycles. The first kappa shape index (κ1) is 20.3. The van der Waals surface area contributed by atoms with Crippen LogP contribution in [-0.2, 0) is 20.6 Å². The zero-order valence-corrected chi connectivity index (χ0v) is 15.7. The van der Waals surface area contributed by atoms with Gasteiger partial charge >= 0.3 is 6.09 Å². The summed E-state index contributed by atoms with van der Waals surface area (Å²) in [7, 11) is 2.83. The molecule has 0 radical (unpaired) electrons. The first-order chi connectivity index (χ1) is 12.3. The molecule has 0 saturated heterocycles. The van der Waals surface area contributed by atoms with Gasteiger partial charge in [0.25, 0.3) is 0 Å². The standard InChI is InChI=1S/C18H25FN2O5/c1-18(2,3)26-17(23)21-13(9-19)7-6-11-8-12(10-22)14(20-15(11)21)16(24-4)25-5/h8,10,13,16H,6-7,9H2,1-5H3. The zero-order chi connectivity index (χ0) is 19.5. The number of ether oxygens (including phenoxy) is 3. The van der Waals surface area contributed by atoms with Crippen LogP contribution in [0.1, 0.15) is 55.1 Å². The second-order valence-electron chi connectivity index (χ2n) is 7.06. The van der Waals surface area contributed by atoms with E-state index in [1.54, 1.807) is 26.8 Å². The van der Waals surface area contributed by atoms with Gasteiger partial charge in [-0.15, -0.1) is 0 Å². The van der Waals surface area contributed by atoms with Gasteiger partial charge in [0.05, 0.1) is 6.04 Å². The number of carbonyl (C=O) groups is 2. The second-order valence-corrected chi connectivity index (χ2v) is 7.06. The maximum atomic E-state index is 13.6. The van der Waals surface area contributed by atoms with Crippen LogP contribution in [0.5, 0.6) is 0 Å². The van der Waals surface area contributed by atoms with Crippen molar-refractivity contribution in [3.05, 3.63) is 22.9 Å². The number of hydrogen-bond acceptors (Lipinski definition) is 6. The Hall–Kier alpha value is -2.06. The molecule has 7 nitrogen and oxygen atoms in total. The molecule has 0 saturated carbocycles. The average molecular weight is 368 g/mol. The first-order valence-electron chi connectivity index (χ1n) is 8.38. The summed E-state index contributed by atoms with van der Waals surface area (Å²) >= 11 is 0. The number of fused-ring (bicyclic) bond motifs is 1. The number of hydrogen-bond donors (Lipinski definition) is 0. The van der Waals surface area contributed by atoms with Crippen molar-refractivity contribution in [2.75, 3.05) is 25.8 Å². The number of aryl methyl sites for hydroxylation is 1. The lowest BCUT2D eigenvalue weighted by Crippen LogP contribution is -2.48. The Kier molecular flexibility index (Phi) is 6.30. The van der Waals surface area contributed by atoms with E-state index in [0.717, 1.165) is 0 Å². The van der Waals surface area contributed by atoms with Gasteiger partial charge in [-0.1, -0.05) is 0 Å². The third kappa shape index (κ3) is 4.19. The highest BCUT2D eigenvalue weighted by molar-refractivity contribution is 5.90. The number of aromatic nitrogens is 1. The van der Waals surface area contributed by atoms with Gasteiger partial charge in [0, 0.05) is 19.8 Å². The lowest BCUT2D eigenvalue weighted by atomic mass is 9.97. The molecule has 1 aromatic heterocycles. The van der Waals surface area contributed by atoms with Gasteiger partial charge < -0.3 is 14.2 Å². The van der Waals surface area contributed by atoms with Crippen molar-refractivity contribution in [1.82, 2.24) is 4.98 Å². The number of nitrogens with zero attached hydrogens (tertiary/aromatic N) is 2. The predicted octanol–water partition coefficient (Wildman–Crippen LogP) is 3.21. The summed E-state index contributed by atoms with van der Waals surface area (Å²) in [6, 6.07) is 0.963. The lowest BCUT2D eigenvalue weighted by Gasteiger charge is -2.36.